The second-order valence-electron chi connectivity index (χ2n) is 28.8. The van der Waals surface area contributed by atoms with Gasteiger partial charge in [-0.15, -0.1) is 0 Å². The fraction of sp³-hybridized carbons (Fsp3) is 0.384. The molecular formula is C86H114N20O10. The van der Waals surface area contributed by atoms with Gasteiger partial charge in [0.05, 0.1) is 66.1 Å². The van der Waals surface area contributed by atoms with Gasteiger partial charge in [-0.25, -0.2) is 9.80 Å². The van der Waals surface area contributed by atoms with E-state index in [0.717, 1.165) is 77.2 Å². The molecular weight excluding hydrogens is 1470 g/mol. The number of aryl methyl sites for hydroxylation is 1. The Hall–Kier alpha value is -11.5. The van der Waals surface area contributed by atoms with Crippen LogP contribution in [0.3, 0.4) is 0 Å². The summed E-state index contributed by atoms with van der Waals surface area (Å²) in [6.07, 6.45) is 6.90. The molecule has 0 bridgehead atoms. The third kappa shape index (κ3) is 29.4. The Balaban J connectivity index is 0.000000242. The third-order valence-corrected chi connectivity index (χ3v) is 19.1. The maximum atomic E-state index is 13.7. The lowest BCUT2D eigenvalue weighted by molar-refractivity contribution is -0.135. The average Bonchev–Trinajstić information content (AvgIpc) is 0.811. The number of hydrogen-bond acceptors (Lipinski definition) is 22. The molecule has 8 amide bonds. The van der Waals surface area contributed by atoms with Crippen LogP contribution in [0.4, 0.5) is 4.79 Å². The van der Waals surface area contributed by atoms with Crippen LogP contribution < -0.4 is 73.0 Å². The van der Waals surface area contributed by atoms with Crippen molar-refractivity contribution in [3.8, 4) is 0 Å². The minimum atomic E-state index is -1.14. The van der Waals surface area contributed by atoms with Crippen LogP contribution in [-0.4, -0.2) is 209 Å². The van der Waals surface area contributed by atoms with Crippen molar-refractivity contribution in [1.82, 2.24) is 56.0 Å². The number of aromatic nitrogens is 3. The Morgan fingerprint density at radius 2 is 0.776 bits per heavy atom. The van der Waals surface area contributed by atoms with Crippen LogP contribution in [0.5, 0.6) is 0 Å². The SMILES string of the molecule is CC(C)CC[C@H](NC(=O)[C@@H](N)CC(=O)N(CCN)CCN)C(=O)Cc1cnc2ccccc2c1.C[C@H](N)C(=O)NN(CCC(=O)N(CCN)CCN)C(=O)N[C@@H](CCc1ccccc1)C(=O)Cc1cnc2ccccc2c1.NCCN(CCN)C(=O)C[C@H](N)C(=O)N[C@H](C(=O)Cc1cnc2ccccc2c1)c1ccc2ccccc2c1. The molecule has 0 saturated carbocycles. The second-order valence-corrected chi connectivity index (χ2v) is 28.8. The third-order valence-electron chi connectivity index (χ3n) is 19.1. The molecule has 30 nitrogen and oxygen atoms in total. The zero-order chi connectivity index (χ0) is 84.1. The number of hydrogen-bond donors (Lipinski definition) is 13. The van der Waals surface area contributed by atoms with E-state index in [1.807, 2.05) is 164 Å². The van der Waals surface area contributed by atoms with E-state index in [-0.39, 0.29) is 106 Å². The van der Waals surface area contributed by atoms with Crippen molar-refractivity contribution in [1.29, 1.82) is 0 Å². The fourth-order valence-electron chi connectivity index (χ4n) is 12.8. The van der Waals surface area contributed by atoms with Crippen molar-refractivity contribution in [3.63, 3.8) is 0 Å². The summed E-state index contributed by atoms with van der Waals surface area (Å²) >= 11 is 0. The van der Waals surface area contributed by atoms with Gasteiger partial charge in [-0.2, -0.15) is 0 Å². The summed E-state index contributed by atoms with van der Waals surface area (Å²) in [5, 5.41) is 14.1. The Morgan fingerprint density at radius 1 is 0.379 bits per heavy atom. The summed E-state index contributed by atoms with van der Waals surface area (Å²) in [4.78, 5) is 148. The van der Waals surface area contributed by atoms with Gasteiger partial charge in [0, 0.05) is 139 Å². The van der Waals surface area contributed by atoms with Crippen LogP contribution in [0.2, 0.25) is 0 Å². The van der Waals surface area contributed by atoms with Gasteiger partial charge in [0.1, 0.15) is 6.04 Å². The summed E-state index contributed by atoms with van der Waals surface area (Å²) in [5.74, 6) is -2.78. The Morgan fingerprint density at radius 3 is 1.22 bits per heavy atom. The number of ketones is 3. The van der Waals surface area contributed by atoms with Gasteiger partial charge in [-0.1, -0.05) is 135 Å². The van der Waals surface area contributed by atoms with Gasteiger partial charge >= 0.3 is 6.03 Å². The minimum Gasteiger partial charge on any atom is -0.345 e. The van der Waals surface area contributed by atoms with Gasteiger partial charge in [-0.3, -0.25) is 63.5 Å². The zero-order valence-corrected chi connectivity index (χ0v) is 66.5. The highest BCUT2D eigenvalue weighted by atomic mass is 16.2. The molecule has 0 fully saturated rings. The molecule has 6 aromatic carbocycles. The molecule has 6 atom stereocenters. The highest BCUT2D eigenvalue weighted by Gasteiger charge is 2.32. The highest BCUT2D eigenvalue weighted by Crippen LogP contribution is 2.25. The summed E-state index contributed by atoms with van der Waals surface area (Å²) in [7, 11) is 0. The first-order chi connectivity index (χ1) is 55.8. The first kappa shape index (κ1) is 91.7. The Kier molecular flexibility index (Phi) is 38.0. The number of fused-ring (bicyclic) bond motifs is 4. The van der Waals surface area contributed by atoms with Gasteiger partial charge in [0.15, 0.2) is 17.3 Å². The number of Topliss-reactive ketones (excluding diaryl/α,β-unsaturated/α-hetero) is 3. The quantitative estimate of drug-likeness (QED) is 0.0244. The number of nitrogens with one attached hydrogen (secondary N) is 4. The van der Waals surface area contributed by atoms with Crippen LogP contribution in [0.1, 0.15) is 93.2 Å². The lowest BCUT2D eigenvalue weighted by Crippen LogP contribution is -2.57. The number of nitrogens with zero attached hydrogens (tertiary/aromatic N) is 7. The van der Waals surface area contributed by atoms with Crippen LogP contribution in [0.25, 0.3) is 43.5 Å². The maximum absolute atomic E-state index is 13.7. The number of urea groups is 1. The molecule has 30 heteroatoms. The van der Waals surface area contributed by atoms with E-state index in [4.69, 9.17) is 51.6 Å². The molecule has 3 aromatic heterocycles. The van der Waals surface area contributed by atoms with Crippen molar-refractivity contribution in [2.75, 3.05) is 85.1 Å². The van der Waals surface area contributed by atoms with Crippen LogP contribution in [0.15, 0.2) is 182 Å². The smallest absolute Gasteiger partial charge is 0.336 e. The van der Waals surface area contributed by atoms with E-state index in [0.29, 0.717) is 83.1 Å². The summed E-state index contributed by atoms with van der Waals surface area (Å²) in [6, 6.07) is 45.4. The molecule has 9 rings (SSSR count). The van der Waals surface area contributed by atoms with Gasteiger partial charge in [-0.05, 0) is 120 Å². The molecule has 0 radical (unpaired) electrons. The van der Waals surface area contributed by atoms with E-state index in [1.165, 1.54) is 21.6 Å². The Bertz CT molecular complexity index is 4710. The predicted octanol–water partition coefficient (Wildman–Crippen LogP) is 3.43. The first-order valence-electron chi connectivity index (χ1n) is 39.3. The number of rotatable bonds is 41. The van der Waals surface area contributed by atoms with Gasteiger partial charge < -0.3 is 82.3 Å². The van der Waals surface area contributed by atoms with E-state index in [1.54, 1.807) is 18.6 Å². The molecule has 618 valence electrons. The first-order valence-corrected chi connectivity index (χ1v) is 39.3. The molecule has 0 saturated heterocycles. The summed E-state index contributed by atoms with van der Waals surface area (Å²) < 4.78 is 0. The number of carbonyl (C=O) groups is 10. The number of carbonyl (C=O) groups excluding carboxylic acids is 10. The van der Waals surface area contributed by atoms with Crippen molar-refractivity contribution in [2.24, 2.45) is 57.5 Å². The van der Waals surface area contributed by atoms with E-state index in [2.05, 4.69) is 50.2 Å². The maximum Gasteiger partial charge on any atom is 0.336 e. The molecule has 0 aliphatic heterocycles. The molecule has 0 unspecified atom stereocenters. The molecule has 22 N–H and O–H groups in total. The topological polar surface area (TPSA) is 505 Å². The number of pyridine rings is 3. The standard InChI is InChI=1S/C31H42N8O4.C30H34N6O3.C25H38N6O3/c1-22(34)30(42)37-39(16-13-29(41)38(17-14-32)18-15-33)31(43)36-27(12-11-23-7-3-2-4-8-23)28(40)20-24-19-25-9-5-6-10-26(25)35-21-24;31-11-13-36(14-12-32)28(38)18-25(33)30(39)35-29(24-10-9-21-5-1-2-6-22(21)17-24)27(37)16-20-15-23-7-3-4-8-26(23)34-19-20;1-17(2)7-8-22(23(32)14-18-13-19-5-3-4-6-21(19)29-16-18)30-25(34)20(28)15-24(33)31(11-9-26)12-10-27/h2-10,19,21-22,27H,11-18,20,32-34H2,1H3,(H,36,43)(H,37,42);1-10,15,17,19,25,29H,11-14,16,18,31-33H2,(H,35,39);3-6,13,16-17,20,22H,7-12,14-15,26-28H2,1-2H3,(H,30,34)/t22-,27-;25-,29-;20-,22-/m000/s1. The summed E-state index contributed by atoms with van der Waals surface area (Å²) in [6.45, 7) is 9.06. The van der Waals surface area contributed by atoms with Crippen LogP contribution in [-0.2, 0) is 68.8 Å². The predicted molar refractivity (Wildman–Crippen MR) is 452 cm³/mol. The number of benzene rings is 6. The fourth-order valence-corrected chi connectivity index (χ4v) is 12.8. The zero-order valence-electron chi connectivity index (χ0n) is 66.5. The van der Waals surface area contributed by atoms with Crippen LogP contribution >= 0.6 is 0 Å². The van der Waals surface area contributed by atoms with Crippen molar-refractivity contribution < 1.29 is 47.9 Å². The molecule has 0 spiro atoms. The molecule has 3 heterocycles. The van der Waals surface area contributed by atoms with Crippen molar-refractivity contribution in [2.45, 2.75) is 121 Å². The lowest BCUT2D eigenvalue weighted by Gasteiger charge is -2.28. The Labute approximate surface area is 677 Å². The largest absolute Gasteiger partial charge is 0.345 e. The van der Waals surface area contributed by atoms with Gasteiger partial charge in [0.2, 0.25) is 29.5 Å². The normalized spacial score (nSPS) is 12.6. The minimum absolute atomic E-state index is 0.0510. The number of para-hydroxylation sites is 3. The molecule has 9 aromatic rings. The number of hydrazine groups is 1. The van der Waals surface area contributed by atoms with E-state index in [9.17, 15) is 47.9 Å². The van der Waals surface area contributed by atoms with E-state index >= 15 is 0 Å². The highest BCUT2D eigenvalue weighted by molar-refractivity contribution is 5.97. The number of nitrogens with two attached hydrogens (primary N) is 9. The number of amides is 8. The molecule has 0 aliphatic carbocycles. The molecule has 116 heavy (non-hydrogen) atoms. The average molecular weight is 1590 g/mol. The van der Waals surface area contributed by atoms with Gasteiger partial charge in [0.25, 0.3) is 5.91 Å². The molecule has 0 aliphatic rings. The van der Waals surface area contributed by atoms with E-state index < -0.39 is 60.0 Å². The second kappa shape index (κ2) is 48.0. The monoisotopic (exact) mass is 1590 g/mol. The van der Waals surface area contributed by atoms with Crippen LogP contribution in [0, 0.1) is 5.92 Å². The lowest BCUT2D eigenvalue weighted by atomic mass is 9.95. The summed E-state index contributed by atoms with van der Waals surface area (Å²) in [5.41, 5.74) is 60.3. The van der Waals surface area contributed by atoms with Crippen molar-refractivity contribution in [3.05, 3.63) is 210 Å². The van der Waals surface area contributed by atoms with Crippen molar-refractivity contribution >= 4 is 102 Å².